The molecule has 0 atom stereocenters. The van der Waals surface area contributed by atoms with E-state index in [1.165, 1.54) is 5.56 Å². The molecule has 4 nitrogen and oxygen atoms in total. The summed E-state index contributed by atoms with van der Waals surface area (Å²) in [5.74, 6) is 0.885. The summed E-state index contributed by atoms with van der Waals surface area (Å²) < 4.78 is 5.13. The largest absolute Gasteiger partial charge is 0.497 e. The molecule has 120 valence electrons. The lowest BCUT2D eigenvalue weighted by molar-refractivity contribution is 0.101. The molecule has 0 aliphatic rings. The van der Waals surface area contributed by atoms with Gasteiger partial charge in [-0.1, -0.05) is 24.3 Å². The minimum atomic E-state index is 0.0343. The molecule has 0 bridgehead atoms. The van der Waals surface area contributed by atoms with E-state index in [1.54, 1.807) is 26.2 Å². The Morgan fingerprint density at radius 1 is 1.17 bits per heavy atom. The van der Waals surface area contributed by atoms with Crippen LogP contribution in [0.2, 0.25) is 0 Å². The standard InChI is InChI=1S/C18H20N2O2S/c1-13(21)15-4-3-5-16(12-15)20-18(23)19-11-10-14-6-8-17(22-2)9-7-14/h3-9,12H,10-11H2,1-2H3,(H2,19,20,23). The Labute approximate surface area is 141 Å². The number of rotatable bonds is 6. The molecule has 0 fully saturated rings. The molecular formula is C18H20N2O2S. The van der Waals surface area contributed by atoms with E-state index >= 15 is 0 Å². The Kier molecular flexibility index (Phi) is 6.11. The number of carbonyl (C=O) groups is 1. The summed E-state index contributed by atoms with van der Waals surface area (Å²) in [5.41, 5.74) is 2.68. The van der Waals surface area contributed by atoms with Crippen LogP contribution in [0.3, 0.4) is 0 Å². The van der Waals surface area contributed by atoms with Crippen molar-refractivity contribution in [2.75, 3.05) is 19.0 Å². The molecule has 0 aliphatic carbocycles. The van der Waals surface area contributed by atoms with E-state index in [0.29, 0.717) is 10.7 Å². The number of Topliss-reactive ketones (excluding diaryl/α,β-unsaturated/α-hetero) is 1. The van der Waals surface area contributed by atoms with Crippen LogP contribution in [0.1, 0.15) is 22.8 Å². The highest BCUT2D eigenvalue weighted by atomic mass is 32.1. The maximum Gasteiger partial charge on any atom is 0.170 e. The molecule has 0 aliphatic heterocycles. The minimum Gasteiger partial charge on any atom is -0.497 e. The van der Waals surface area contributed by atoms with Crippen molar-refractivity contribution < 1.29 is 9.53 Å². The number of ketones is 1. The van der Waals surface area contributed by atoms with Crippen LogP contribution in [0.25, 0.3) is 0 Å². The first-order valence-corrected chi connectivity index (χ1v) is 7.78. The molecular weight excluding hydrogens is 308 g/mol. The molecule has 0 unspecified atom stereocenters. The van der Waals surface area contributed by atoms with Gasteiger partial charge in [0.1, 0.15) is 5.75 Å². The smallest absolute Gasteiger partial charge is 0.170 e. The van der Waals surface area contributed by atoms with Gasteiger partial charge in [0.2, 0.25) is 0 Å². The van der Waals surface area contributed by atoms with Gasteiger partial charge in [-0.05, 0) is 55.4 Å². The number of methoxy groups -OCH3 is 1. The van der Waals surface area contributed by atoms with Gasteiger partial charge in [0, 0.05) is 17.8 Å². The second-order valence-corrected chi connectivity index (χ2v) is 5.52. The van der Waals surface area contributed by atoms with Gasteiger partial charge in [-0.15, -0.1) is 0 Å². The van der Waals surface area contributed by atoms with Crippen molar-refractivity contribution in [3.05, 3.63) is 59.7 Å². The lowest BCUT2D eigenvalue weighted by Gasteiger charge is -2.11. The average Bonchev–Trinajstić information content (AvgIpc) is 2.55. The van der Waals surface area contributed by atoms with Gasteiger partial charge in [0.15, 0.2) is 10.9 Å². The van der Waals surface area contributed by atoms with E-state index in [2.05, 4.69) is 10.6 Å². The van der Waals surface area contributed by atoms with Crippen molar-refractivity contribution in [2.24, 2.45) is 0 Å². The number of carbonyl (C=O) groups excluding carboxylic acids is 1. The van der Waals surface area contributed by atoms with Crippen molar-refractivity contribution in [1.82, 2.24) is 5.32 Å². The van der Waals surface area contributed by atoms with Crippen LogP contribution >= 0.6 is 12.2 Å². The summed E-state index contributed by atoms with van der Waals surface area (Å²) in [4.78, 5) is 11.4. The molecule has 2 N–H and O–H groups in total. The summed E-state index contributed by atoms with van der Waals surface area (Å²) in [7, 11) is 1.65. The third kappa shape index (κ3) is 5.38. The third-order valence-electron chi connectivity index (χ3n) is 3.39. The van der Waals surface area contributed by atoms with E-state index in [-0.39, 0.29) is 5.78 Å². The zero-order valence-corrected chi connectivity index (χ0v) is 14.1. The molecule has 0 heterocycles. The number of thiocarbonyl (C=S) groups is 1. The van der Waals surface area contributed by atoms with Crippen LogP contribution in [0.15, 0.2) is 48.5 Å². The van der Waals surface area contributed by atoms with Gasteiger partial charge in [-0.3, -0.25) is 4.79 Å². The summed E-state index contributed by atoms with van der Waals surface area (Å²) in [6, 6.07) is 15.2. The van der Waals surface area contributed by atoms with Gasteiger partial charge in [0.05, 0.1) is 7.11 Å². The van der Waals surface area contributed by atoms with Crippen LogP contribution in [-0.2, 0) is 6.42 Å². The maximum absolute atomic E-state index is 11.4. The minimum absolute atomic E-state index is 0.0343. The van der Waals surface area contributed by atoms with Crippen LogP contribution in [0.5, 0.6) is 5.75 Å². The monoisotopic (exact) mass is 328 g/mol. The first-order valence-electron chi connectivity index (χ1n) is 7.37. The number of anilines is 1. The highest BCUT2D eigenvalue weighted by molar-refractivity contribution is 7.80. The van der Waals surface area contributed by atoms with Gasteiger partial charge in [-0.2, -0.15) is 0 Å². The fourth-order valence-corrected chi connectivity index (χ4v) is 2.32. The number of hydrogen-bond acceptors (Lipinski definition) is 3. The second-order valence-electron chi connectivity index (χ2n) is 5.12. The van der Waals surface area contributed by atoms with Crippen molar-refractivity contribution in [3.8, 4) is 5.75 Å². The molecule has 2 rings (SSSR count). The number of hydrogen-bond donors (Lipinski definition) is 2. The van der Waals surface area contributed by atoms with Gasteiger partial charge < -0.3 is 15.4 Å². The number of ether oxygens (including phenoxy) is 1. The topological polar surface area (TPSA) is 50.4 Å². The Morgan fingerprint density at radius 2 is 1.91 bits per heavy atom. The van der Waals surface area contributed by atoms with Crippen molar-refractivity contribution in [2.45, 2.75) is 13.3 Å². The van der Waals surface area contributed by atoms with E-state index in [0.717, 1.165) is 24.4 Å². The number of nitrogens with one attached hydrogen (secondary N) is 2. The zero-order valence-electron chi connectivity index (χ0n) is 13.3. The molecule has 0 radical (unpaired) electrons. The summed E-state index contributed by atoms with van der Waals surface area (Å²) in [5, 5.41) is 6.79. The van der Waals surface area contributed by atoms with Crippen molar-refractivity contribution in [3.63, 3.8) is 0 Å². The molecule has 2 aromatic rings. The predicted molar refractivity (Wildman–Crippen MR) is 97.4 cm³/mol. The summed E-state index contributed by atoms with van der Waals surface area (Å²) in [6.07, 6.45) is 0.860. The quantitative estimate of drug-likeness (QED) is 0.628. The van der Waals surface area contributed by atoms with E-state index in [4.69, 9.17) is 17.0 Å². The molecule has 0 amide bonds. The van der Waals surface area contributed by atoms with Crippen molar-refractivity contribution >= 4 is 28.8 Å². The number of benzene rings is 2. The van der Waals surface area contributed by atoms with Gasteiger partial charge >= 0.3 is 0 Å². The zero-order chi connectivity index (χ0) is 16.7. The average molecular weight is 328 g/mol. The molecule has 0 saturated heterocycles. The van der Waals surface area contributed by atoms with Gasteiger partial charge in [-0.25, -0.2) is 0 Å². The second kappa shape index (κ2) is 8.29. The first kappa shape index (κ1) is 17.0. The summed E-state index contributed by atoms with van der Waals surface area (Å²) in [6.45, 7) is 2.27. The predicted octanol–water partition coefficient (Wildman–Crippen LogP) is 3.43. The van der Waals surface area contributed by atoms with Crippen LogP contribution in [-0.4, -0.2) is 24.6 Å². The lowest BCUT2D eigenvalue weighted by atomic mass is 10.1. The molecule has 0 aromatic heterocycles. The summed E-state index contributed by atoms with van der Waals surface area (Å²) >= 11 is 5.27. The van der Waals surface area contributed by atoms with Gasteiger partial charge in [0.25, 0.3) is 0 Å². The lowest BCUT2D eigenvalue weighted by Crippen LogP contribution is -2.30. The normalized spacial score (nSPS) is 10.0. The van der Waals surface area contributed by atoms with E-state index < -0.39 is 0 Å². The molecule has 5 heteroatoms. The van der Waals surface area contributed by atoms with Crippen molar-refractivity contribution in [1.29, 1.82) is 0 Å². The molecule has 0 saturated carbocycles. The molecule has 2 aromatic carbocycles. The fourth-order valence-electron chi connectivity index (χ4n) is 2.10. The van der Waals surface area contributed by atoms with Crippen LogP contribution in [0, 0.1) is 0 Å². The fraction of sp³-hybridized carbons (Fsp3) is 0.222. The van der Waals surface area contributed by atoms with E-state index in [1.807, 2.05) is 36.4 Å². The van der Waals surface area contributed by atoms with Crippen LogP contribution in [0.4, 0.5) is 5.69 Å². The highest BCUT2D eigenvalue weighted by Gasteiger charge is 2.02. The molecule has 0 spiro atoms. The SMILES string of the molecule is COc1ccc(CCNC(=S)Nc2cccc(C(C)=O)c2)cc1. The third-order valence-corrected chi connectivity index (χ3v) is 3.63. The highest BCUT2D eigenvalue weighted by Crippen LogP contribution is 2.12. The Hall–Kier alpha value is -2.40. The Bertz CT molecular complexity index is 684. The Morgan fingerprint density at radius 3 is 2.57 bits per heavy atom. The maximum atomic E-state index is 11.4. The van der Waals surface area contributed by atoms with Crippen LogP contribution < -0.4 is 15.4 Å². The Balaban J connectivity index is 1.80. The van der Waals surface area contributed by atoms with E-state index in [9.17, 15) is 4.79 Å². The first-order chi connectivity index (χ1) is 11.1. The molecule has 23 heavy (non-hydrogen) atoms.